The van der Waals surface area contributed by atoms with Gasteiger partial charge >= 0.3 is 0 Å². The van der Waals surface area contributed by atoms with Crippen molar-refractivity contribution >= 4 is 11.7 Å². The quantitative estimate of drug-likeness (QED) is 0.905. The molecule has 0 bridgehead atoms. The van der Waals surface area contributed by atoms with Gasteiger partial charge in [-0.05, 0) is 49.1 Å². The molecule has 0 aliphatic carbocycles. The van der Waals surface area contributed by atoms with E-state index in [1.165, 1.54) is 0 Å². The van der Waals surface area contributed by atoms with E-state index in [1.807, 2.05) is 48.1 Å². The Morgan fingerprint density at radius 3 is 2.65 bits per heavy atom. The van der Waals surface area contributed by atoms with Crippen LogP contribution in [0.15, 0.2) is 42.9 Å². The van der Waals surface area contributed by atoms with Crippen molar-refractivity contribution < 1.29 is 4.79 Å². The first-order chi connectivity index (χ1) is 9.56. The minimum Gasteiger partial charge on any atom is -0.342 e. The molecule has 106 valence electrons. The SMILES string of the molecule is Cc1ccnc(NC(=O)[C@H](CC(C)C)n2cccc2)c1. The molecule has 0 aliphatic heterocycles. The Bertz CT molecular complexity index is 561. The lowest BCUT2D eigenvalue weighted by molar-refractivity contribution is -0.119. The fourth-order valence-corrected chi connectivity index (χ4v) is 2.18. The number of nitrogens with one attached hydrogen (secondary N) is 1. The van der Waals surface area contributed by atoms with Crippen LogP contribution < -0.4 is 5.32 Å². The van der Waals surface area contributed by atoms with E-state index in [4.69, 9.17) is 0 Å². The standard InChI is InChI=1S/C16H21N3O/c1-12(2)10-14(19-8-4-5-9-19)16(20)18-15-11-13(3)6-7-17-15/h4-9,11-12,14H,10H2,1-3H3,(H,17,18,20)/t14-/m0/s1. The first-order valence-electron chi connectivity index (χ1n) is 6.92. The summed E-state index contributed by atoms with van der Waals surface area (Å²) in [5.41, 5.74) is 1.08. The molecule has 0 radical (unpaired) electrons. The predicted molar refractivity (Wildman–Crippen MR) is 80.5 cm³/mol. The number of aromatic nitrogens is 2. The Hall–Kier alpha value is -2.10. The third-order valence-corrected chi connectivity index (χ3v) is 3.15. The van der Waals surface area contributed by atoms with E-state index < -0.39 is 0 Å². The minimum atomic E-state index is -0.202. The maximum atomic E-state index is 12.5. The van der Waals surface area contributed by atoms with Crippen LogP contribution in [0.5, 0.6) is 0 Å². The van der Waals surface area contributed by atoms with E-state index in [9.17, 15) is 4.79 Å². The molecule has 2 aromatic heterocycles. The van der Waals surface area contributed by atoms with E-state index in [1.54, 1.807) is 6.20 Å². The summed E-state index contributed by atoms with van der Waals surface area (Å²) in [6.45, 7) is 6.22. The van der Waals surface area contributed by atoms with Gasteiger partial charge in [-0.2, -0.15) is 0 Å². The molecule has 1 atom stereocenters. The summed E-state index contributed by atoms with van der Waals surface area (Å²) in [4.78, 5) is 16.7. The van der Waals surface area contributed by atoms with Crippen LogP contribution in [0.4, 0.5) is 5.82 Å². The van der Waals surface area contributed by atoms with Crippen molar-refractivity contribution in [3.8, 4) is 0 Å². The molecule has 20 heavy (non-hydrogen) atoms. The van der Waals surface area contributed by atoms with Crippen LogP contribution in [-0.4, -0.2) is 15.5 Å². The van der Waals surface area contributed by atoms with Crippen molar-refractivity contribution in [1.29, 1.82) is 0 Å². The molecule has 2 rings (SSSR count). The summed E-state index contributed by atoms with van der Waals surface area (Å²) in [5, 5.41) is 2.91. The molecule has 2 heterocycles. The summed E-state index contributed by atoms with van der Waals surface area (Å²) in [6.07, 6.45) is 6.36. The monoisotopic (exact) mass is 271 g/mol. The van der Waals surface area contributed by atoms with E-state index in [-0.39, 0.29) is 11.9 Å². The van der Waals surface area contributed by atoms with Crippen LogP contribution in [-0.2, 0) is 4.79 Å². The highest BCUT2D eigenvalue weighted by Gasteiger charge is 2.21. The van der Waals surface area contributed by atoms with Gasteiger partial charge in [0.15, 0.2) is 0 Å². The van der Waals surface area contributed by atoms with E-state index in [0.29, 0.717) is 11.7 Å². The predicted octanol–water partition coefficient (Wildman–Crippen LogP) is 3.42. The molecule has 4 nitrogen and oxygen atoms in total. The van der Waals surface area contributed by atoms with Gasteiger partial charge in [0.2, 0.25) is 5.91 Å². The fourth-order valence-electron chi connectivity index (χ4n) is 2.18. The number of nitrogens with zero attached hydrogens (tertiary/aromatic N) is 2. The molecular weight excluding hydrogens is 250 g/mol. The zero-order valence-corrected chi connectivity index (χ0v) is 12.2. The van der Waals surface area contributed by atoms with E-state index in [0.717, 1.165) is 12.0 Å². The van der Waals surface area contributed by atoms with Gasteiger partial charge in [0, 0.05) is 18.6 Å². The maximum Gasteiger partial charge on any atom is 0.248 e. The van der Waals surface area contributed by atoms with Gasteiger partial charge in [-0.25, -0.2) is 4.98 Å². The summed E-state index contributed by atoms with van der Waals surface area (Å²) < 4.78 is 1.95. The van der Waals surface area contributed by atoms with Crippen molar-refractivity contribution in [2.75, 3.05) is 5.32 Å². The molecule has 1 amide bonds. The molecule has 0 unspecified atom stereocenters. The number of anilines is 1. The normalized spacial score (nSPS) is 12.4. The third kappa shape index (κ3) is 3.70. The zero-order chi connectivity index (χ0) is 14.5. The van der Waals surface area contributed by atoms with Crippen LogP contribution in [0.1, 0.15) is 31.9 Å². The second kappa shape index (κ2) is 6.37. The molecule has 4 heteroatoms. The zero-order valence-electron chi connectivity index (χ0n) is 12.2. The molecule has 0 fully saturated rings. The number of rotatable bonds is 5. The smallest absolute Gasteiger partial charge is 0.248 e. The molecular formula is C16H21N3O. The Morgan fingerprint density at radius 1 is 1.35 bits per heavy atom. The molecule has 1 N–H and O–H groups in total. The topological polar surface area (TPSA) is 46.9 Å². The van der Waals surface area contributed by atoms with Crippen molar-refractivity contribution in [1.82, 2.24) is 9.55 Å². The van der Waals surface area contributed by atoms with Gasteiger partial charge in [-0.1, -0.05) is 13.8 Å². The van der Waals surface area contributed by atoms with Crippen LogP contribution in [0.2, 0.25) is 0 Å². The fraction of sp³-hybridized carbons (Fsp3) is 0.375. The number of amides is 1. The molecule has 0 saturated carbocycles. The molecule has 2 aromatic rings. The highest BCUT2D eigenvalue weighted by atomic mass is 16.2. The van der Waals surface area contributed by atoms with Gasteiger partial charge in [0.05, 0.1) is 0 Å². The number of carbonyl (C=O) groups excluding carboxylic acids is 1. The second-order valence-corrected chi connectivity index (χ2v) is 5.48. The van der Waals surface area contributed by atoms with Crippen LogP contribution in [0, 0.1) is 12.8 Å². The largest absolute Gasteiger partial charge is 0.342 e. The van der Waals surface area contributed by atoms with E-state index >= 15 is 0 Å². The van der Waals surface area contributed by atoms with Gasteiger partial charge in [-0.3, -0.25) is 4.79 Å². The van der Waals surface area contributed by atoms with Crippen molar-refractivity contribution in [3.63, 3.8) is 0 Å². The van der Waals surface area contributed by atoms with Crippen molar-refractivity contribution in [2.45, 2.75) is 33.2 Å². The number of hydrogen-bond donors (Lipinski definition) is 1. The lowest BCUT2D eigenvalue weighted by Gasteiger charge is -2.20. The third-order valence-electron chi connectivity index (χ3n) is 3.15. The number of carbonyl (C=O) groups is 1. The Kier molecular flexibility index (Phi) is 4.56. The molecule has 0 aromatic carbocycles. The highest BCUT2D eigenvalue weighted by molar-refractivity contribution is 5.92. The Balaban J connectivity index is 2.14. The Morgan fingerprint density at radius 2 is 2.05 bits per heavy atom. The highest BCUT2D eigenvalue weighted by Crippen LogP contribution is 2.20. The maximum absolute atomic E-state index is 12.5. The summed E-state index contributed by atoms with van der Waals surface area (Å²) in [6, 6.07) is 7.46. The van der Waals surface area contributed by atoms with Crippen molar-refractivity contribution in [3.05, 3.63) is 48.4 Å². The number of aryl methyl sites for hydroxylation is 1. The summed E-state index contributed by atoms with van der Waals surface area (Å²) >= 11 is 0. The second-order valence-electron chi connectivity index (χ2n) is 5.48. The van der Waals surface area contributed by atoms with Gasteiger partial charge in [0.25, 0.3) is 0 Å². The van der Waals surface area contributed by atoms with Crippen molar-refractivity contribution in [2.24, 2.45) is 5.92 Å². The Labute approximate surface area is 119 Å². The first kappa shape index (κ1) is 14.3. The van der Waals surface area contributed by atoms with Crippen LogP contribution in [0.3, 0.4) is 0 Å². The minimum absolute atomic E-state index is 0.0204. The summed E-state index contributed by atoms with van der Waals surface area (Å²) in [5.74, 6) is 1.03. The summed E-state index contributed by atoms with van der Waals surface area (Å²) in [7, 11) is 0. The van der Waals surface area contributed by atoms with Crippen LogP contribution in [0.25, 0.3) is 0 Å². The average molecular weight is 271 g/mol. The lowest BCUT2D eigenvalue weighted by atomic mass is 10.0. The lowest BCUT2D eigenvalue weighted by Crippen LogP contribution is -2.27. The number of pyridine rings is 1. The van der Waals surface area contributed by atoms with Gasteiger partial charge in [0.1, 0.15) is 11.9 Å². The molecule has 0 aliphatic rings. The average Bonchev–Trinajstić information content (AvgIpc) is 2.89. The number of hydrogen-bond acceptors (Lipinski definition) is 2. The molecule has 0 saturated heterocycles. The van der Waals surface area contributed by atoms with Gasteiger partial charge in [-0.15, -0.1) is 0 Å². The first-order valence-corrected chi connectivity index (χ1v) is 6.92. The van der Waals surface area contributed by atoms with E-state index in [2.05, 4.69) is 24.1 Å². The van der Waals surface area contributed by atoms with Crippen LogP contribution >= 0.6 is 0 Å². The van der Waals surface area contributed by atoms with Gasteiger partial charge < -0.3 is 9.88 Å². The molecule has 0 spiro atoms.